The highest BCUT2D eigenvalue weighted by Gasteiger charge is 2.23. The molecule has 1 saturated heterocycles. The van der Waals surface area contributed by atoms with Gasteiger partial charge in [0.05, 0.1) is 12.2 Å². The lowest BCUT2D eigenvalue weighted by molar-refractivity contribution is 0.0460. The van der Waals surface area contributed by atoms with Gasteiger partial charge in [-0.2, -0.15) is 0 Å². The topological polar surface area (TPSA) is 29.5 Å². The molecule has 0 aromatic heterocycles. The van der Waals surface area contributed by atoms with Crippen molar-refractivity contribution in [3.8, 4) is 0 Å². The molecule has 1 aromatic carbocycles. The van der Waals surface area contributed by atoms with Gasteiger partial charge in [0.1, 0.15) is 0 Å². The SMILES string of the molecule is CC1CCCN(CCCOC(=O)c2ccccc2)C1C. The summed E-state index contributed by atoms with van der Waals surface area (Å²) in [5.41, 5.74) is 0.632. The van der Waals surface area contributed by atoms with E-state index in [1.165, 1.54) is 19.4 Å². The molecule has 2 rings (SSSR count). The van der Waals surface area contributed by atoms with Gasteiger partial charge >= 0.3 is 5.97 Å². The minimum absolute atomic E-state index is 0.217. The van der Waals surface area contributed by atoms with E-state index in [9.17, 15) is 4.79 Å². The molecule has 2 unspecified atom stereocenters. The second-order valence-corrected chi connectivity index (χ2v) is 5.75. The van der Waals surface area contributed by atoms with Crippen LogP contribution in [0, 0.1) is 5.92 Å². The molecule has 20 heavy (non-hydrogen) atoms. The Kier molecular flexibility index (Phi) is 5.60. The number of hydrogen-bond acceptors (Lipinski definition) is 3. The molecule has 110 valence electrons. The Morgan fingerprint density at radius 2 is 2.05 bits per heavy atom. The third-order valence-electron chi connectivity index (χ3n) is 4.34. The molecule has 1 aliphatic rings. The van der Waals surface area contributed by atoms with Crippen molar-refractivity contribution in [2.24, 2.45) is 5.92 Å². The summed E-state index contributed by atoms with van der Waals surface area (Å²) >= 11 is 0. The van der Waals surface area contributed by atoms with Gasteiger partial charge in [-0.25, -0.2) is 4.79 Å². The number of piperidine rings is 1. The van der Waals surface area contributed by atoms with Gasteiger partial charge in [-0.3, -0.25) is 0 Å². The Balaban J connectivity index is 1.68. The normalized spacial score (nSPS) is 23.5. The zero-order valence-electron chi connectivity index (χ0n) is 12.5. The summed E-state index contributed by atoms with van der Waals surface area (Å²) in [4.78, 5) is 14.3. The van der Waals surface area contributed by atoms with Gasteiger partial charge in [0, 0.05) is 12.6 Å². The third kappa shape index (κ3) is 4.07. The van der Waals surface area contributed by atoms with Crippen molar-refractivity contribution in [2.45, 2.75) is 39.2 Å². The van der Waals surface area contributed by atoms with Crippen molar-refractivity contribution >= 4 is 5.97 Å². The molecule has 3 nitrogen and oxygen atoms in total. The number of esters is 1. The zero-order chi connectivity index (χ0) is 14.4. The van der Waals surface area contributed by atoms with E-state index >= 15 is 0 Å². The summed E-state index contributed by atoms with van der Waals surface area (Å²) < 4.78 is 5.32. The highest BCUT2D eigenvalue weighted by atomic mass is 16.5. The first-order chi connectivity index (χ1) is 9.68. The van der Waals surface area contributed by atoms with Crippen LogP contribution in [0.4, 0.5) is 0 Å². The number of carbonyl (C=O) groups excluding carboxylic acids is 1. The number of rotatable bonds is 5. The molecule has 2 atom stereocenters. The highest BCUT2D eigenvalue weighted by Crippen LogP contribution is 2.22. The van der Waals surface area contributed by atoms with E-state index in [4.69, 9.17) is 4.74 Å². The molecule has 0 amide bonds. The van der Waals surface area contributed by atoms with Gasteiger partial charge in [0.2, 0.25) is 0 Å². The molecule has 0 radical (unpaired) electrons. The predicted molar refractivity (Wildman–Crippen MR) is 80.8 cm³/mol. The van der Waals surface area contributed by atoms with Crippen molar-refractivity contribution < 1.29 is 9.53 Å². The molecule has 0 spiro atoms. The first-order valence-electron chi connectivity index (χ1n) is 7.64. The van der Waals surface area contributed by atoms with E-state index in [1.807, 2.05) is 18.2 Å². The third-order valence-corrected chi connectivity index (χ3v) is 4.34. The van der Waals surface area contributed by atoms with Crippen LogP contribution in [0.2, 0.25) is 0 Å². The molecule has 0 aliphatic carbocycles. The standard InChI is InChI=1S/C17H25NO2/c1-14-8-6-11-18(15(14)2)12-7-13-20-17(19)16-9-4-3-5-10-16/h3-5,9-10,14-15H,6-8,11-13H2,1-2H3. The summed E-state index contributed by atoms with van der Waals surface area (Å²) in [6.07, 6.45) is 3.53. The summed E-state index contributed by atoms with van der Waals surface area (Å²) in [7, 11) is 0. The van der Waals surface area contributed by atoms with Gasteiger partial charge in [0.15, 0.2) is 0 Å². The molecule has 0 N–H and O–H groups in total. The molecule has 1 aromatic rings. The van der Waals surface area contributed by atoms with E-state index in [0.29, 0.717) is 18.2 Å². The van der Waals surface area contributed by atoms with Crippen molar-refractivity contribution in [1.29, 1.82) is 0 Å². The second kappa shape index (κ2) is 7.44. The van der Waals surface area contributed by atoms with Crippen LogP contribution in [0.15, 0.2) is 30.3 Å². The van der Waals surface area contributed by atoms with Gasteiger partial charge in [-0.15, -0.1) is 0 Å². The minimum Gasteiger partial charge on any atom is -0.462 e. The van der Waals surface area contributed by atoms with E-state index in [1.54, 1.807) is 12.1 Å². The smallest absolute Gasteiger partial charge is 0.338 e. The van der Waals surface area contributed by atoms with Gasteiger partial charge in [-0.05, 0) is 50.8 Å². The van der Waals surface area contributed by atoms with Crippen LogP contribution in [-0.2, 0) is 4.74 Å². The molecule has 1 heterocycles. The maximum Gasteiger partial charge on any atom is 0.338 e. The van der Waals surface area contributed by atoms with Crippen molar-refractivity contribution in [2.75, 3.05) is 19.7 Å². The largest absolute Gasteiger partial charge is 0.462 e. The monoisotopic (exact) mass is 275 g/mol. The lowest BCUT2D eigenvalue weighted by atomic mass is 9.92. The minimum atomic E-state index is -0.217. The van der Waals surface area contributed by atoms with E-state index < -0.39 is 0 Å². The Hall–Kier alpha value is -1.35. The summed E-state index contributed by atoms with van der Waals surface area (Å²) in [5.74, 6) is 0.557. The maximum atomic E-state index is 11.8. The number of ether oxygens (including phenoxy) is 1. The van der Waals surface area contributed by atoms with Gasteiger partial charge in [-0.1, -0.05) is 25.1 Å². The van der Waals surface area contributed by atoms with E-state index in [-0.39, 0.29) is 5.97 Å². The Morgan fingerprint density at radius 1 is 1.30 bits per heavy atom. The van der Waals surface area contributed by atoms with Crippen LogP contribution >= 0.6 is 0 Å². The van der Waals surface area contributed by atoms with Crippen LogP contribution in [0.5, 0.6) is 0 Å². The molecular weight excluding hydrogens is 250 g/mol. The Bertz CT molecular complexity index is 418. The molecule has 1 fully saturated rings. The fourth-order valence-corrected chi connectivity index (χ4v) is 2.83. The summed E-state index contributed by atoms with van der Waals surface area (Å²) in [5, 5.41) is 0. The van der Waals surface area contributed by atoms with E-state index in [0.717, 1.165) is 18.9 Å². The second-order valence-electron chi connectivity index (χ2n) is 5.75. The average Bonchev–Trinajstić information content (AvgIpc) is 2.48. The van der Waals surface area contributed by atoms with Crippen molar-refractivity contribution in [1.82, 2.24) is 4.90 Å². The number of hydrogen-bond donors (Lipinski definition) is 0. The number of likely N-dealkylation sites (tertiary alicyclic amines) is 1. The predicted octanol–water partition coefficient (Wildman–Crippen LogP) is 3.35. The van der Waals surface area contributed by atoms with Gasteiger partial charge < -0.3 is 9.64 Å². The summed E-state index contributed by atoms with van der Waals surface area (Å²) in [6.45, 7) is 7.34. The van der Waals surface area contributed by atoms with Crippen LogP contribution < -0.4 is 0 Å². The van der Waals surface area contributed by atoms with Crippen LogP contribution in [0.3, 0.4) is 0 Å². The van der Waals surface area contributed by atoms with Crippen LogP contribution in [0.25, 0.3) is 0 Å². The lowest BCUT2D eigenvalue weighted by Gasteiger charge is -2.37. The first kappa shape index (κ1) is 15.0. The van der Waals surface area contributed by atoms with E-state index in [2.05, 4.69) is 18.7 Å². The lowest BCUT2D eigenvalue weighted by Crippen LogP contribution is -2.43. The number of nitrogens with zero attached hydrogens (tertiary/aromatic N) is 1. The van der Waals surface area contributed by atoms with Crippen molar-refractivity contribution in [3.05, 3.63) is 35.9 Å². The molecule has 0 bridgehead atoms. The Morgan fingerprint density at radius 3 is 2.80 bits per heavy atom. The maximum absolute atomic E-state index is 11.8. The number of benzene rings is 1. The molecular formula is C17H25NO2. The van der Waals surface area contributed by atoms with Gasteiger partial charge in [0.25, 0.3) is 0 Å². The molecule has 1 aliphatic heterocycles. The van der Waals surface area contributed by atoms with Crippen molar-refractivity contribution in [3.63, 3.8) is 0 Å². The summed E-state index contributed by atoms with van der Waals surface area (Å²) in [6, 6.07) is 9.83. The zero-order valence-corrected chi connectivity index (χ0v) is 12.5. The molecule has 3 heteroatoms. The van der Waals surface area contributed by atoms with Crippen LogP contribution in [-0.4, -0.2) is 36.6 Å². The fraction of sp³-hybridized carbons (Fsp3) is 0.588. The van der Waals surface area contributed by atoms with Crippen LogP contribution in [0.1, 0.15) is 43.5 Å². The first-order valence-corrected chi connectivity index (χ1v) is 7.64. The molecule has 0 saturated carbocycles. The average molecular weight is 275 g/mol. The highest BCUT2D eigenvalue weighted by molar-refractivity contribution is 5.89. The fourth-order valence-electron chi connectivity index (χ4n) is 2.83. The number of carbonyl (C=O) groups is 1. The Labute approximate surface area is 121 Å². The quantitative estimate of drug-likeness (QED) is 0.609.